The summed E-state index contributed by atoms with van der Waals surface area (Å²) in [4.78, 5) is 26.2. The Morgan fingerprint density at radius 3 is 2.63 bits per heavy atom. The number of hydrogen-bond acceptors (Lipinski definition) is 7. The monoisotopic (exact) mass is 478 g/mol. The molecule has 3 heterocycles. The van der Waals surface area contributed by atoms with Gasteiger partial charge in [0.05, 0.1) is 5.69 Å². The third-order valence-corrected chi connectivity index (χ3v) is 6.51. The Balaban J connectivity index is 1.50. The van der Waals surface area contributed by atoms with Crippen molar-refractivity contribution in [3.8, 4) is 32.8 Å². The molecule has 0 saturated heterocycles. The summed E-state index contributed by atoms with van der Waals surface area (Å²) < 4.78 is 0. The Labute approximate surface area is 206 Å². The third-order valence-electron chi connectivity index (χ3n) is 5.59. The number of amides is 1. The number of nitrogens with zero attached hydrogens (tertiary/aromatic N) is 3. The Morgan fingerprint density at radius 1 is 0.943 bits per heavy atom. The quantitative estimate of drug-likeness (QED) is 0.276. The van der Waals surface area contributed by atoms with Gasteiger partial charge in [-0.3, -0.25) is 9.78 Å². The van der Waals surface area contributed by atoms with Crippen molar-refractivity contribution < 1.29 is 4.79 Å². The van der Waals surface area contributed by atoms with Gasteiger partial charge in [0, 0.05) is 52.4 Å². The van der Waals surface area contributed by atoms with Gasteiger partial charge in [-0.05, 0) is 70.6 Å². The maximum absolute atomic E-state index is 11.9. The molecule has 5 rings (SSSR count). The molecule has 0 unspecified atom stereocenters. The highest BCUT2D eigenvalue weighted by atomic mass is 32.1. The van der Waals surface area contributed by atoms with E-state index in [1.165, 1.54) is 0 Å². The minimum atomic E-state index is -0.494. The Bertz CT molecular complexity index is 1490. The van der Waals surface area contributed by atoms with Crippen LogP contribution in [0.2, 0.25) is 0 Å². The van der Waals surface area contributed by atoms with E-state index in [9.17, 15) is 4.79 Å². The van der Waals surface area contributed by atoms with Crippen molar-refractivity contribution in [1.29, 1.82) is 0 Å². The smallest absolute Gasteiger partial charge is 0.248 e. The zero-order valence-electron chi connectivity index (χ0n) is 18.7. The van der Waals surface area contributed by atoms with Crippen LogP contribution in [-0.4, -0.2) is 20.9 Å². The number of carbonyl (C=O) groups is 1. The molecule has 5 aromatic rings. The van der Waals surface area contributed by atoms with Gasteiger partial charge in [-0.2, -0.15) is 0 Å². The fraction of sp³-hybridized carbons (Fsp3) is 0.0370. The van der Waals surface area contributed by atoms with Crippen molar-refractivity contribution in [1.82, 2.24) is 15.0 Å². The summed E-state index contributed by atoms with van der Waals surface area (Å²) >= 11 is 1.66. The van der Waals surface area contributed by atoms with Crippen molar-refractivity contribution >= 4 is 28.9 Å². The SMILES string of the molecule is NC(=O)c1ccc(CNc2nccc(-c3cccnc3)n2)c(-c2cc(-c3cccs3)ccc2N)c1. The van der Waals surface area contributed by atoms with E-state index in [0.29, 0.717) is 23.7 Å². The molecule has 0 spiro atoms. The summed E-state index contributed by atoms with van der Waals surface area (Å²) in [5, 5.41) is 5.33. The van der Waals surface area contributed by atoms with Gasteiger partial charge in [0.1, 0.15) is 0 Å². The Kier molecular flexibility index (Phi) is 6.19. The van der Waals surface area contributed by atoms with E-state index in [0.717, 1.165) is 38.4 Å². The number of pyridine rings is 1. The predicted octanol–water partition coefficient (Wildman–Crippen LogP) is 5.23. The fourth-order valence-electron chi connectivity index (χ4n) is 3.81. The van der Waals surface area contributed by atoms with Crippen molar-refractivity contribution in [2.24, 2.45) is 5.73 Å². The maximum Gasteiger partial charge on any atom is 0.248 e. The minimum absolute atomic E-state index is 0.416. The molecule has 1 amide bonds. The highest BCUT2D eigenvalue weighted by Gasteiger charge is 2.14. The first kappa shape index (κ1) is 22.2. The van der Waals surface area contributed by atoms with Crippen LogP contribution in [0.15, 0.2) is 90.7 Å². The number of nitrogens with one attached hydrogen (secondary N) is 1. The molecular weight excluding hydrogens is 456 g/mol. The second-order valence-electron chi connectivity index (χ2n) is 7.88. The lowest BCUT2D eigenvalue weighted by molar-refractivity contribution is 0.100. The number of nitrogen functional groups attached to an aromatic ring is 1. The highest BCUT2D eigenvalue weighted by Crippen LogP contribution is 2.35. The number of rotatable bonds is 7. The molecule has 172 valence electrons. The van der Waals surface area contributed by atoms with Gasteiger partial charge in [-0.15, -0.1) is 11.3 Å². The Morgan fingerprint density at radius 2 is 1.86 bits per heavy atom. The first-order valence-corrected chi connectivity index (χ1v) is 11.8. The zero-order chi connectivity index (χ0) is 24.2. The number of benzene rings is 2. The molecule has 0 aliphatic carbocycles. The molecule has 0 saturated carbocycles. The van der Waals surface area contributed by atoms with Gasteiger partial charge in [-0.25, -0.2) is 9.97 Å². The molecule has 7 nitrogen and oxygen atoms in total. The Hall–Kier alpha value is -4.56. The number of hydrogen-bond donors (Lipinski definition) is 3. The average molecular weight is 479 g/mol. The van der Waals surface area contributed by atoms with Gasteiger partial charge in [0.25, 0.3) is 0 Å². The van der Waals surface area contributed by atoms with E-state index in [4.69, 9.17) is 11.5 Å². The van der Waals surface area contributed by atoms with Crippen LogP contribution in [-0.2, 0) is 6.54 Å². The molecule has 5 N–H and O–H groups in total. The second kappa shape index (κ2) is 9.74. The molecular formula is C27H22N6OS. The summed E-state index contributed by atoms with van der Waals surface area (Å²) in [7, 11) is 0. The van der Waals surface area contributed by atoms with Crippen molar-refractivity contribution in [3.05, 3.63) is 102 Å². The number of anilines is 2. The van der Waals surface area contributed by atoms with Gasteiger partial charge < -0.3 is 16.8 Å². The van der Waals surface area contributed by atoms with E-state index < -0.39 is 5.91 Å². The van der Waals surface area contributed by atoms with E-state index in [-0.39, 0.29) is 0 Å². The summed E-state index contributed by atoms with van der Waals surface area (Å²) in [5.74, 6) is -0.0113. The predicted molar refractivity (Wildman–Crippen MR) is 141 cm³/mol. The topological polar surface area (TPSA) is 120 Å². The number of nitrogens with two attached hydrogens (primary N) is 2. The summed E-state index contributed by atoms with van der Waals surface area (Å²) in [6, 6.07) is 21.0. The van der Waals surface area contributed by atoms with Crippen LogP contribution in [0.25, 0.3) is 32.8 Å². The molecule has 8 heteroatoms. The molecule has 3 aromatic heterocycles. The molecule has 0 aliphatic heterocycles. The summed E-state index contributed by atoms with van der Waals surface area (Å²) in [6.45, 7) is 0.424. The highest BCUT2D eigenvalue weighted by molar-refractivity contribution is 7.13. The normalized spacial score (nSPS) is 10.7. The molecule has 0 radical (unpaired) electrons. The van der Waals surface area contributed by atoms with E-state index >= 15 is 0 Å². The van der Waals surface area contributed by atoms with Crippen LogP contribution >= 0.6 is 11.3 Å². The molecule has 35 heavy (non-hydrogen) atoms. The van der Waals surface area contributed by atoms with Gasteiger partial charge in [0.2, 0.25) is 11.9 Å². The van der Waals surface area contributed by atoms with E-state index in [2.05, 4.69) is 26.3 Å². The standard InChI is InChI=1S/C27H22N6OS/c28-23-8-7-17(25-4-2-12-35-25)13-22(23)21-14-18(26(29)34)5-6-19(21)16-32-27-31-11-9-24(33-27)20-3-1-10-30-15-20/h1-15H,16,28H2,(H2,29,34)(H,31,32,33). The maximum atomic E-state index is 11.9. The van der Waals surface area contributed by atoms with Crippen molar-refractivity contribution in [3.63, 3.8) is 0 Å². The zero-order valence-corrected chi connectivity index (χ0v) is 19.5. The average Bonchev–Trinajstić information content (AvgIpc) is 3.43. The van der Waals surface area contributed by atoms with Crippen LogP contribution in [0.3, 0.4) is 0 Å². The lowest BCUT2D eigenvalue weighted by Crippen LogP contribution is -2.12. The van der Waals surface area contributed by atoms with Crippen LogP contribution in [0, 0.1) is 0 Å². The molecule has 0 bridgehead atoms. The molecule has 0 aliphatic rings. The van der Waals surface area contributed by atoms with Crippen LogP contribution in [0.4, 0.5) is 11.6 Å². The molecule has 2 aromatic carbocycles. The number of carbonyl (C=O) groups excluding carboxylic acids is 1. The lowest BCUT2D eigenvalue weighted by atomic mass is 9.94. The lowest BCUT2D eigenvalue weighted by Gasteiger charge is -2.15. The first-order chi connectivity index (χ1) is 17.1. The van der Waals surface area contributed by atoms with Crippen LogP contribution in [0.5, 0.6) is 0 Å². The van der Waals surface area contributed by atoms with Crippen molar-refractivity contribution in [2.45, 2.75) is 6.54 Å². The second-order valence-corrected chi connectivity index (χ2v) is 8.82. The van der Waals surface area contributed by atoms with Crippen LogP contribution in [0.1, 0.15) is 15.9 Å². The van der Waals surface area contributed by atoms with Gasteiger partial charge in [-0.1, -0.05) is 18.2 Å². The van der Waals surface area contributed by atoms with Crippen LogP contribution < -0.4 is 16.8 Å². The minimum Gasteiger partial charge on any atom is -0.398 e. The largest absolute Gasteiger partial charge is 0.398 e. The fourth-order valence-corrected chi connectivity index (χ4v) is 4.54. The first-order valence-electron chi connectivity index (χ1n) is 10.9. The summed E-state index contributed by atoms with van der Waals surface area (Å²) in [5.41, 5.74) is 18.3. The van der Waals surface area contributed by atoms with Gasteiger partial charge >= 0.3 is 0 Å². The summed E-state index contributed by atoms with van der Waals surface area (Å²) in [6.07, 6.45) is 5.19. The van der Waals surface area contributed by atoms with Gasteiger partial charge in [0.15, 0.2) is 0 Å². The number of primary amides is 1. The molecule has 0 fully saturated rings. The van der Waals surface area contributed by atoms with E-state index in [1.807, 2.05) is 53.9 Å². The van der Waals surface area contributed by atoms with Crippen molar-refractivity contribution in [2.75, 3.05) is 11.1 Å². The number of thiophene rings is 1. The third kappa shape index (κ3) is 4.87. The number of aromatic nitrogens is 3. The van der Waals surface area contributed by atoms with E-state index in [1.54, 1.807) is 42.1 Å². The molecule has 0 atom stereocenters.